The molecule has 0 aliphatic rings. The highest BCUT2D eigenvalue weighted by molar-refractivity contribution is 6.42. The Morgan fingerprint density at radius 2 is 1.73 bits per heavy atom. The standard InChI is InChI=1S/C8H5B2N/c9-8(10,6-11)7-4-2-1-3-5-7/h1-5H. The van der Waals surface area contributed by atoms with Gasteiger partial charge in [-0.1, -0.05) is 30.3 Å². The van der Waals surface area contributed by atoms with Gasteiger partial charge in [0.1, 0.15) is 0 Å². The number of hydrogen-bond acceptors (Lipinski definition) is 1. The quantitative estimate of drug-likeness (QED) is 0.522. The molecule has 1 nitrogen and oxygen atoms in total. The van der Waals surface area contributed by atoms with Crippen molar-refractivity contribution in [3.8, 4) is 6.07 Å². The van der Waals surface area contributed by atoms with Crippen LogP contribution in [0.1, 0.15) is 5.56 Å². The monoisotopic (exact) mass is 137 g/mol. The maximum atomic E-state index is 8.55. The van der Waals surface area contributed by atoms with Gasteiger partial charge in [0.15, 0.2) is 0 Å². The van der Waals surface area contributed by atoms with E-state index < -0.39 is 5.21 Å². The van der Waals surface area contributed by atoms with E-state index in [0.29, 0.717) is 5.56 Å². The fraction of sp³-hybridized carbons (Fsp3) is 0.125. The van der Waals surface area contributed by atoms with E-state index in [4.69, 9.17) is 21.0 Å². The minimum Gasteiger partial charge on any atom is -0.199 e. The summed E-state index contributed by atoms with van der Waals surface area (Å²) in [5.41, 5.74) is 0.627. The lowest BCUT2D eigenvalue weighted by molar-refractivity contribution is 1.11. The molecule has 0 unspecified atom stereocenters. The van der Waals surface area contributed by atoms with Gasteiger partial charge in [-0.15, -0.1) is 0 Å². The topological polar surface area (TPSA) is 23.8 Å². The Balaban J connectivity index is 3.05. The SMILES string of the molecule is [B]C([B])(C#N)c1ccccc1. The van der Waals surface area contributed by atoms with E-state index in [2.05, 4.69) is 0 Å². The molecule has 11 heavy (non-hydrogen) atoms. The molecule has 0 atom stereocenters. The summed E-state index contributed by atoms with van der Waals surface area (Å²) in [7, 11) is 10.9. The molecular formula is C8H5B2N. The molecule has 0 saturated carbocycles. The van der Waals surface area contributed by atoms with E-state index in [9.17, 15) is 0 Å². The van der Waals surface area contributed by atoms with Gasteiger partial charge in [-0.05, 0) is 5.56 Å². The summed E-state index contributed by atoms with van der Waals surface area (Å²) in [4.78, 5) is 0. The van der Waals surface area contributed by atoms with Crippen LogP contribution in [-0.2, 0) is 5.21 Å². The van der Waals surface area contributed by atoms with Crippen LogP contribution in [0, 0.1) is 11.3 Å². The fourth-order valence-electron chi connectivity index (χ4n) is 0.778. The van der Waals surface area contributed by atoms with Crippen molar-refractivity contribution in [3.63, 3.8) is 0 Å². The maximum absolute atomic E-state index is 8.55. The first-order chi connectivity index (χ1) is 5.17. The summed E-state index contributed by atoms with van der Waals surface area (Å²) >= 11 is 0. The molecule has 1 rings (SSSR count). The van der Waals surface area contributed by atoms with E-state index in [1.165, 1.54) is 0 Å². The molecule has 0 bridgehead atoms. The van der Waals surface area contributed by atoms with Crippen molar-refractivity contribution < 1.29 is 0 Å². The Morgan fingerprint density at radius 1 is 1.18 bits per heavy atom. The lowest BCUT2D eigenvalue weighted by Crippen LogP contribution is -2.23. The van der Waals surface area contributed by atoms with Crippen molar-refractivity contribution in [2.45, 2.75) is 5.21 Å². The summed E-state index contributed by atoms with van der Waals surface area (Å²) in [5, 5.41) is 7.19. The summed E-state index contributed by atoms with van der Waals surface area (Å²) in [5.74, 6) is 0. The van der Waals surface area contributed by atoms with Crippen molar-refractivity contribution in [1.29, 1.82) is 5.26 Å². The first-order valence-corrected chi connectivity index (χ1v) is 3.21. The van der Waals surface area contributed by atoms with Crippen molar-refractivity contribution in [2.24, 2.45) is 0 Å². The molecule has 0 saturated heterocycles. The Morgan fingerprint density at radius 3 is 2.18 bits per heavy atom. The lowest BCUT2D eigenvalue weighted by Gasteiger charge is -2.15. The fourth-order valence-corrected chi connectivity index (χ4v) is 0.778. The third kappa shape index (κ3) is 1.65. The van der Waals surface area contributed by atoms with Crippen LogP contribution in [0.5, 0.6) is 0 Å². The number of nitrogens with zero attached hydrogens (tertiary/aromatic N) is 1. The zero-order valence-corrected chi connectivity index (χ0v) is 5.99. The molecule has 4 radical (unpaired) electrons. The molecule has 0 heterocycles. The van der Waals surface area contributed by atoms with Crippen molar-refractivity contribution in [3.05, 3.63) is 35.9 Å². The van der Waals surface area contributed by atoms with Gasteiger partial charge in [-0.25, -0.2) is 0 Å². The van der Waals surface area contributed by atoms with Gasteiger partial charge in [-0.2, -0.15) is 5.26 Å². The predicted molar refractivity (Wildman–Crippen MR) is 45.2 cm³/mol. The second kappa shape index (κ2) is 2.84. The Kier molecular flexibility index (Phi) is 2.05. The van der Waals surface area contributed by atoms with Gasteiger partial charge < -0.3 is 0 Å². The van der Waals surface area contributed by atoms with Crippen LogP contribution in [0.2, 0.25) is 0 Å². The molecule has 1 aromatic rings. The first-order valence-electron chi connectivity index (χ1n) is 3.21. The van der Waals surface area contributed by atoms with Crippen molar-refractivity contribution in [1.82, 2.24) is 0 Å². The van der Waals surface area contributed by atoms with Crippen LogP contribution in [0.15, 0.2) is 30.3 Å². The molecule has 0 fully saturated rings. The molecule has 0 spiro atoms. The van der Waals surface area contributed by atoms with Crippen LogP contribution in [0.4, 0.5) is 0 Å². The highest BCUT2D eigenvalue weighted by Gasteiger charge is 2.17. The zero-order chi connectivity index (χ0) is 8.32. The summed E-state index contributed by atoms with van der Waals surface area (Å²) in [6.07, 6.45) is 0. The summed E-state index contributed by atoms with van der Waals surface area (Å²) < 4.78 is 0. The number of hydrogen-bond donors (Lipinski definition) is 0. The van der Waals surface area contributed by atoms with Crippen LogP contribution in [-0.4, -0.2) is 15.7 Å². The van der Waals surface area contributed by atoms with Crippen LogP contribution >= 0.6 is 0 Å². The largest absolute Gasteiger partial charge is 0.199 e. The average molecular weight is 137 g/mol. The van der Waals surface area contributed by atoms with Gasteiger partial charge in [-0.3, -0.25) is 0 Å². The highest BCUT2D eigenvalue weighted by Crippen LogP contribution is 2.14. The predicted octanol–water partition coefficient (Wildman–Crippen LogP) is 0.700. The maximum Gasteiger partial charge on any atom is 0.0882 e. The van der Waals surface area contributed by atoms with Gasteiger partial charge >= 0.3 is 0 Å². The van der Waals surface area contributed by atoms with E-state index in [1.807, 2.05) is 12.1 Å². The molecule has 0 aromatic heterocycles. The van der Waals surface area contributed by atoms with E-state index >= 15 is 0 Å². The molecule has 0 aliphatic heterocycles. The van der Waals surface area contributed by atoms with Gasteiger partial charge in [0.25, 0.3) is 0 Å². The van der Waals surface area contributed by atoms with Gasteiger partial charge in [0, 0.05) is 5.21 Å². The van der Waals surface area contributed by atoms with Gasteiger partial charge in [0.2, 0.25) is 0 Å². The van der Waals surface area contributed by atoms with Crippen molar-refractivity contribution in [2.75, 3.05) is 0 Å². The van der Waals surface area contributed by atoms with E-state index in [-0.39, 0.29) is 0 Å². The summed E-state index contributed by atoms with van der Waals surface area (Å²) in [6.45, 7) is 0. The number of benzene rings is 1. The normalized spacial score (nSPS) is 10.5. The Hall–Kier alpha value is -1.16. The molecule has 0 N–H and O–H groups in total. The molecule has 0 amide bonds. The van der Waals surface area contributed by atoms with Crippen LogP contribution in [0.25, 0.3) is 0 Å². The second-order valence-corrected chi connectivity index (χ2v) is 2.35. The van der Waals surface area contributed by atoms with E-state index in [1.54, 1.807) is 24.3 Å². The smallest absolute Gasteiger partial charge is 0.0882 e. The van der Waals surface area contributed by atoms with Gasteiger partial charge in [0.05, 0.1) is 21.8 Å². The Labute approximate surface area is 68.9 Å². The third-order valence-corrected chi connectivity index (χ3v) is 1.44. The molecule has 1 aromatic carbocycles. The third-order valence-electron chi connectivity index (χ3n) is 1.44. The minimum absolute atomic E-state index is 0.627. The lowest BCUT2D eigenvalue weighted by atomic mass is 9.52. The average Bonchev–Trinajstić information content (AvgIpc) is 2.06. The number of rotatable bonds is 1. The van der Waals surface area contributed by atoms with Crippen LogP contribution < -0.4 is 0 Å². The molecular weight excluding hydrogens is 132 g/mol. The van der Waals surface area contributed by atoms with Crippen LogP contribution in [0.3, 0.4) is 0 Å². The summed E-state index contributed by atoms with van der Waals surface area (Å²) in [6, 6.07) is 10.7. The van der Waals surface area contributed by atoms with E-state index in [0.717, 1.165) is 0 Å². The Bertz CT molecular complexity index is 274. The second-order valence-electron chi connectivity index (χ2n) is 2.35. The minimum atomic E-state index is -1.36. The molecule has 48 valence electrons. The zero-order valence-electron chi connectivity index (χ0n) is 5.99. The van der Waals surface area contributed by atoms with Crippen molar-refractivity contribution >= 4 is 15.7 Å². The highest BCUT2D eigenvalue weighted by atomic mass is 14.3. The first kappa shape index (κ1) is 7.94. The molecule has 0 aliphatic carbocycles. The number of nitriles is 1. The molecule has 3 heteroatoms.